The number of nitrogens with one attached hydrogen (secondary N) is 1. The quantitative estimate of drug-likeness (QED) is 0.821. The van der Waals surface area contributed by atoms with Gasteiger partial charge in [-0.3, -0.25) is 10.1 Å². The zero-order valence-corrected chi connectivity index (χ0v) is 9.34. The predicted molar refractivity (Wildman–Crippen MR) is 52.0 cm³/mol. The van der Waals surface area contributed by atoms with Gasteiger partial charge in [-0.15, -0.1) is 10.2 Å². The molecule has 0 atom stereocenters. The molecular weight excluding hydrogens is 279 g/mol. The number of rotatable bonds is 5. The minimum Gasteiger partial charge on any atom is -0.480 e. The number of alkyl halides is 3. The highest BCUT2D eigenvalue weighted by atomic mass is 32.1. The minimum absolute atomic E-state index is 0.157. The van der Waals surface area contributed by atoms with Crippen molar-refractivity contribution in [3.63, 3.8) is 0 Å². The molecule has 1 amide bonds. The van der Waals surface area contributed by atoms with Crippen molar-refractivity contribution in [2.75, 3.05) is 18.5 Å². The van der Waals surface area contributed by atoms with Crippen molar-refractivity contribution in [1.82, 2.24) is 10.2 Å². The third-order valence-corrected chi connectivity index (χ3v) is 2.26. The Morgan fingerprint density at radius 3 is 2.50 bits per heavy atom. The van der Waals surface area contributed by atoms with Gasteiger partial charge in [0.1, 0.15) is 13.2 Å². The van der Waals surface area contributed by atoms with Gasteiger partial charge in [-0.05, 0) is 0 Å². The second-order valence-corrected chi connectivity index (χ2v) is 3.82. The molecule has 7 nitrogen and oxygen atoms in total. The van der Waals surface area contributed by atoms with Gasteiger partial charge in [0, 0.05) is 0 Å². The van der Waals surface area contributed by atoms with Gasteiger partial charge < -0.3 is 9.84 Å². The number of amides is 1. The van der Waals surface area contributed by atoms with Crippen molar-refractivity contribution in [2.45, 2.75) is 6.18 Å². The lowest BCUT2D eigenvalue weighted by Crippen LogP contribution is -2.20. The van der Waals surface area contributed by atoms with E-state index in [2.05, 4.69) is 14.9 Å². The summed E-state index contributed by atoms with van der Waals surface area (Å²) in [6, 6.07) is 0. The van der Waals surface area contributed by atoms with Gasteiger partial charge in [-0.25, -0.2) is 4.79 Å². The number of aliphatic carboxylic acids is 1. The molecule has 0 unspecified atom stereocenters. The molecule has 0 aliphatic heterocycles. The van der Waals surface area contributed by atoms with Crippen LogP contribution < -0.4 is 5.32 Å². The normalized spacial score (nSPS) is 11.3. The van der Waals surface area contributed by atoms with Crippen molar-refractivity contribution in [3.05, 3.63) is 5.01 Å². The fraction of sp³-hybridized carbons (Fsp3) is 0.429. The molecule has 0 saturated heterocycles. The van der Waals surface area contributed by atoms with Crippen LogP contribution in [0.25, 0.3) is 0 Å². The Hall–Kier alpha value is -1.75. The molecule has 0 spiro atoms. The molecule has 0 fully saturated rings. The van der Waals surface area contributed by atoms with Gasteiger partial charge in [0.2, 0.25) is 10.1 Å². The van der Waals surface area contributed by atoms with Gasteiger partial charge in [-0.2, -0.15) is 13.2 Å². The van der Waals surface area contributed by atoms with Crippen LogP contribution in [-0.2, 0) is 20.5 Å². The summed E-state index contributed by atoms with van der Waals surface area (Å²) in [4.78, 5) is 21.1. The summed E-state index contributed by atoms with van der Waals surface area (Å²) >= 11 is 0.157. The van der Waals surface area contributed by atoms with Crippen molar-refractivity contribution in [3.8, 4) is 0 Å². The van der Waals surface area contributed by atoms with E-state index in [-0.39, 0.29) is 16.5 Å². The Morgan fingerprint density at radius 2 is 2.00 bits per heavy atom. The van der Waals surface area contributed by atoms with E-state index < -0.39 is 36.3 Å². The summed E-state index contributed by atoms with van der Waals surface area (Å²) in [5.74, 6) is -2.08. The lowest BCUT2D eigenvalue weighted by atomic mass is 10.6. The lowest BCUT2D eigenvalue weighted by Gasteiger charge is -2.01. The number of nitrogens with zero attached hydrogens (tertiary/aromatic N) is 2. The predicted octanol–water partition coefficient (Wildman–Crippen LogP) is 0.597. The zero-order valence-electron chi connectivity index (χ0n) is 8.52. The molecule has 2 N–H and O–H groups in total. The molecule has 1 rings (SSSR count). The van der Waals surface area contributed by atoms with E-state index in [9.17, 15) is 22.8 Å². The fourth-order valence-corrected chi connectivity index (χ4v) is 1.40. The first kappa shape index (κ1) is 14.3. The number of ether oxygens (including phenoxy) is 1. The van der Waals surface area contributed by atoms with Crippen molar-refractivity contribution >= 4 is 28.3 Å². The zero-order chi connectivity index (χ0) is 13.8. The van der Waals surface area contributed by atoms with Crippen LogP contribution in [0.4, 0.5) is 18.3 Å². The highest BCUT2D eigenvalue weighted by molar-refractivity contribution is 7.15. The third kappa shape index (κ3) is 4.63. The van der Waals surface area contributed by atoms with Gasteiger partial charge in [-0.1, -0.05) is 11.3 Å². The highest BCUT2D eigenvalue weighted by Crippen LogP contribution is 2.32. The second-order valence-electron chi connectivity index (χ2n) is 2.84. The second kappa shape index (κ2) is 5.73. The van der Waals surface area contributed by atoms with E-state index in [1.165, 1.54) is 0 Å². The number of aromatic nitrogens is 2. The number of carboxylic acids is 1. The number of hydrogen-bond acceptors (Lipinski definition) is 6. The van der Waals surface area contributed by atoms with Crippen LogP contribution in [0.3, 0.4) is 0 Å². The first-order valence-corrected chi connectivity index (χ1v) is 5.11. The number of carbonyl (C=O) groups is 2. The van der Waals surface area contributed by atoms with Gasteiger partial charge in [0.25, 0.3) is 5.91 Å². The summed E-state index contributed by atoms with van der Waals surface area (Å²) in [6.45, 7) is -1.29. The number of halogens is 3. The molecule has 1 aromatic heterocycles. The van der Waals surface area contributed by atoms with Gasteiger partial charge in [0.05, 0.1) is 0 Å². The summed E-state index contributed by atoms with van der Waals surface area (Å²) in [5.41, 5.74) is 0. The molecule has 0 saturated carbocycles. The van der Waals surface area contributed by atoms with E-state index in [1.807, 2.05) is 5.32 Å². The first-order chi connectivity index (χ1) is 8.29. The average Bonchev–Trinajstić information content (AvgIpc) is 2.64. The molecule has 1 heterocycles. The standard InChI is InChI=1S/C7H6F3N3O4S/c8-7(9,10)5-12-13-6(18-5)11-3(14)1-17-2-4(15)16/h1-2H2,(H,15,16)(H,11,13,14). The topological polar surface area (TPSA) is 101 Å². The SMILES string of the molecule is O=C(O)COCC(=O)Nc1nnc(C(F)(F)F)s1. The van der Waals surface area contributed by atoms with Crippen LogP contribution in [0.5, 0.6) is 0 Å². The summed E-state index contributed by atoms with van der Waals surface area (Å²) in [6.07, 6.45) is -4.62. The third-order valence-electron chi connectivity index (χ3n) is 1.37. The molecule has 18 heavy (non-hydrogen) atoms. The Morgan fingerprint density at radius 1 is 1.33 bits per heavy atom. The molecule has 11 heteroatoms. The molecule has 0 bridgehead atoms. The van der Waals surface area contributed by atoms with Crippen LogP contribution in [0.2, 0.25) is 0 Å². The van der Waals surface area contributed by atoms with Crippen LogP contribution in [-0.4, -0.2) is 40.4 Å². The monoisotopic (exact) mass is 285 g/mol. The first-order valence-electron chi connectivity index (χ1n) is 4.29. The van der Waals surface area contributed by atoms with Crippen LogP contribution >= 0.6 is 11.3 Å². The molecule has 0 aromatic carbocycles. The molecule has 1 aromatic rings. The molecule has 0 aliphatic carbocycles. The van der Waals surface area contributed by atoms with Crippen molar-refractivity contribution in [2.24, 2.45) is 0 Å². The summed E-state index contributed by atoms with van der Waals surface area (Å²) < 4.78 is 40.8. The fourth-order valence-electron chi connectivity index (χ4n) is 0.775. The maximum Gasteiger partial charge on any atom is 0.445 e. The summed E-state index contributed by atoms with van der Waals surface area (Å²) in [5, 5.41) is 14.6. The Kier molecular flexibility index (Phi) is 4.55. The van der Waals surface area contributed by atoms with Crippen molar-refractivity contribution in [1.29, 1.82) is 0 Å². The van der Waals surface area contributed by atoms with Gasteiger partial charge >= 0.3 is 12.1 Å². The molecule has 0 radical (unpaired) electrons. The van der Waals surface area contributed by atoms with Crippen LogP contribution in [0, 0.1) is 0 Å². The van der Waals surface area contributed by atoms with E-state index in [0.29, 0.717) is 0 Å². The highest BCUT2D eigenvalue weighted by Gasteiger charge is 2.35. The van der Waals surface area contributed by atoms with E-state index in [1.54, 1.807) is 0 Å². The van der Waals surface area contributed by atoms with E-state index in [0.717, 1.165) is 0 Å². The average molecular weight is 285 g/mol. The van der Waals surface area contributed by atoms with E-state index in [4.69, 9.17) is 5.11 Å². The molecular formula is C7H6F3N3O4S. The largest absolute Gasteiger partial charge is 0.480 e. The number of hydrogen-bond donors (Lipinski definition) is 2. The van der Waals surface area contributed by atoms with Crippen LogP contribution in [0.15, 0.2) is 0 Å². The number of carboxylic acid groups (broad SMARTS) is 1. The number of carbonyl (C=O) groups excluding carboxylic acids is 1. The minimum atomic E-state index is -4.62. The van der Waals surface area contributed by atoms with E-state index >= 15 is 0 Å². The Balaban J connectivity index is 2.45. The molecule has 100 valence electrons. The number of anilines is 1. The maximum atomic E-state index is 12.1. The van der Waals surface area contributed by atoms with Crippen LogP contribution in [0.1, 0.15) is 5.01 Å². The Bertz CT molecular complexity index is 447. The summed E-state index contributed by atoms with van der Waals surface area (Å²) in [7, 11) is 0. The smallest absolute Gasteiger partial charge is 0.445 e. The van der Waals surface area contributed by atoms with Gasteiger partial charge in [0.15, 0.2) is 0 Å². The maximum absolute atomic E-state index is 12.1. The Labute approximate surface area is 102 Å². The molecule has 0 aliphatic rings. The lowest BCUT2D eigenvalue weighted by molar-refractivity contribution is -0.143. The van der Waals surface area contributed by atoms with Crippen molar-refractivity contribution < 1.29 is 32.6 Å².